The summed E-state index contributed by atoms with van der Waals surface area (Å²) in [6.07, 6.45) is 6.54. The molecular weight excluding hydrogens is 316 g/mol. The molecule has 0 aromatic carbocycles. The Morgan fingerprint density at radius 3 is 2.84 bits per heavy atom. The van der Waals surface area contributed by atoms with Crippen LogP contribution in [0.4, 0.5) is 0 Å². The van der Waals surface area contributed by atoms with Gasteiger partial charge in [0, 0.05) is 36.8 Å². The average molecular weight is 340 g/mol. The third-order valence-electron chi connectivity index (χ3n) is 4.85. The standard InChI is InChI=1S/C19H24N4O2/c1-12-22-15-7-8-20-16(9-13-3-4-13)18(15)19(23-12)25-11-14-5-6-17(24-2)21-10-14/h5-6,10,13,16,20H,3-4,7-9,11H2,1-2H3. The second-order valence-corrected chi connectivity index (χ2v) is 6.87. The molecular formula is C19H24N4O2. The number of aromatic nitrogens is 3. The normalized spacial score (nSPS) is 19.4. The van der Waals surface area contributed by atoms with Crippen molar-refractivity contribution in [3.63, 3.8) is 0 Å². The highest BCUT2D eigenvalue weighted by Crippen LogP contribution is 2.41. The molecule has 132 valence electrons. The van der Waals surface area contributed by atoms with E-state index < -0.39 is 0 Å². The van der Waals surface area contributed by atoms with Crippen LogP contribution in [-0.4, -0.2) is 28.6 Å². The molecule has 1 saturated carbocycles. The van der Waals surface area contributed by atoms with Gasteiger partial charge in [0.1, 0.15) is 12.4 Å². The van der Waals surface area contributed by atoms with Gasteiger partial charge in [0.05, 0.1) is 18.4 Å². The Morgan fingerprint density at radius 1 is 1.24 bits per heavy atom. The molecule has 0 spiro atoms. The second kappa shape index (κ2) is 6.96. The van der Waals surface area contributed by atoms with Crippen molar-refractivity contribution in [2.24, 2.45) is 5.92 Å². The molecule has 25 heavy (non-hydrogen) atoms. The van der Waals surface area contributed by atoms with Gasteiger partial charge in [0.15, 0.2) is 0 Å². The largest absolute Gasteiger partial charge is 0.481 e. The van der Waals surface area contributed by atoms with E-state index >= 15 is 0 Å². The van der Waals surface area contributed by atoms with Crippen LogP contribution in [0.5, 0.6) is 11.8 Å². The molecule has 4 rings (SSSR count). The number of aryl methyl sites for hydroxylation is 1. The van der Waals surface area contributed by atoms with Gasteiger partial charge < -0.3 is 14.8 Å². The van der Waals surface area contributed by atoms with Crippen molar-refractivity contribution in [1.82, 2.24) is 20.3 Å². The molecule has 1 N–H and O–H groups in total. The SMILES string of the molecule is COc1ccc(COc2nc(C)nc3c2C(CC2CC2)NCC3)cn1. The van der Waals surface area contributed by atoms with Crippen molar-refractivity contribution in [2.45, 2.75) is 45.3 Å². The molecule has 2 aromatic heterocycles. The molecule has 1 aliphatic carbocycles. The molecule has 2 aromatic rings. The van der Waals surface area contributed by atoms with Crippen molar-refractivity contribution < 1.29 is 9.47 Å². The minimum atomic E-state index is 0.306. The van der Waals surface area contributed by atoms with Crippen molar-refractivity contribution in [3.8, 4) is 11.8 Å². The van der Waals surface area contributed by atoms with E-state index in [1.54, 1.807) is 13.3 Å². The van der Waals surface area contributed by atoms with E-state index in [0.29, 0.717) is 18.5 Å². The van der Waals surface area contributed by atoms with Gasteiger partial charge in [-0.2, -0.15) is 4.98 Å². The van der Waals surface area contributed by atoms with Crippen LogP contribution in [0.15, 0.2) is 18.3 Å². The Labute approximate surface area is 148 Å². The number of hydrogen-bond donors (Lipinski definition) is 1. The lowest BCUT2D eigenvalue weighted by molar-refractivity contribution is 0.278. The van der Waals surface area contributed by atoms with E-state index in [1.807, 2.05) is 19.1 Å². The quantitative estimate of drug-likeness (QED) is 0.872. The van der Waals surface area contributed by atoms with E-state index in [2.05, 4.69) is 20.3 Å². The molecule has 1 fully saturated rings. The Bertz CT molecular complexity index is 744. The first-order chi connectivity index (χ1) is 12.2. The molecule has 6 nitrogen and oxygen atoms in total. The molecule has 3 heterocycles. The van der Waals surface area contributed by atoms with Gasteiger partial charge in [-0.3, -0.25) is 0 Å². The monoisotopic (exact) mass is 340 g/mol. The maximum absolute atomic E-state index is 6.11. The van der Waals surface area contributed by atoms with Crippen LogP contribution in [0, 0.1) is 12.8 Å². The van der Waals surface area contributed by atoms with Gasteiger partial charge in [-0.1, -0.05) is 12.8 Å². The van der Waals surface area contributed by atoms with Crippen molar-refractivity contribution in [2.75, 3.05) is 13.7 Å². The second-order valence-electron chi connectivity index (χ2n) is 6.87. The van der Waals surface area contributed by atoms with Crippen molar-refractivity contribution in [3.05, 3.63) is 41.0 Å². The molecule has 0 saturated heterocycles. The third-order valence-corrected chi connectivity index (χ3v) is 4.85. The third kappa shape index (κ3) is 3.74. The molecule has 0 radical (unpaired) electrons. The Kier molecular flexibility index (Phi) is 4.53. The number of pyridine rings is 1. The summed E-state index contributed by atoms with van der Waals surface area (Å²) in [5, 5.41) is 3.63. The van der Waals surface area contributed by atoms with E-state index in [1.165, 1.54) is 12.8 Å². The summed E-state index contributed by atoms with van der Waals surface area (Å²) in [4.78, 5) is 13.5. The topological polar surface area (TPSA) is 69.2 Å². The van der Waals surface area contributed by atoms with Gasteiger partial charge in [-0.05, 0) is 25.3 Å². The first-order valence-electron chi connectivity index (χ1n) is 8.95. The summed E-state index contributed by atoms with van der Waals surface area (Å²) in [7, 11) is 1.61. The van der Waals surface area contributed by atoms with Crippen LogP contribution in [0.3, 0.4) is 0 Å². The molecule has 6 heteroatoms. The minimum Gasteiger partial charge on any atom is -0.481 e. The maximum atomic E-state index is 6.11. The summed E-state index contributed by atoms with van der Waals surface area (Å²) >= 11 is 0. The zero-order valence-electron chi connectivity index (χ0n) is 14.8. The summed E-state index contributed by atoms with van der Waals surface area (Å²) < 4.78 is 11.2. The van der Waals surface area contributed by atoms with Crippen LogP contribution in [-0.2, 0) is 13.0 Å². The summed E-state index contributed by atoms with van der Waals surface area (Å²) in [6.45, 7) is 3.35. The van der Waals surface area contributed by atoms with Gasteiger partial charge in [0.2, 0.25) is 11.8 Å². The zero-order chi connectivity index (χ0) is 17.2. The van der Waals surface area contributed by atoms with Crippen LogP contribution >= 0.6 is 0 Å². The number of nitrogens with one attached hydrogen (secondary N) is 1. The van der Waals surface area contributed by atoms with Crippen LogP contribution in [0.25, 0.3) is 0 Å². The zero-order valence-corrected chi connectivity index (χ0v) is 14.8. The van der Waals surface area contributed by atoms with E-state index in [0.717, 1.165) is 53.8 Å². The van der Waals surface area contributed by atoms with Gasteiger partial charge in [0.25, 0.3) is 0 Å². The maximum Gasteiger partial charge on any atom is 0.222 e. The lowest BCUT2D eigenvalue weighted by Gasteiger charge is -2.28. The van der Waals surface area contributed by atoms with E-state index in [-0.39, 0.29) is 0 Å². The first kappa shape index (κ1) is 16.3. The summed E-state index contributed by atoms with van der Waals surface area (Å²) in [5.74, 6) is 2.93. The lowest BCUT2D eigenvalue weighted by atomic mass is 9.95. The number of nitrogens with zero attached hydrogens (tertiary/aromatic N) is 3. The fourth-order valence-corrected chi connectivity index (χ4v) is 3.39. The van der Waals surface area contributed by atoms with Gasteiger partial charge in [-0.15, -0.1) is 0 Å². The Hall–Kier alpha value is -2.21. The minimum absolute atomic E-state index is 0.306. The van der Waals surface area contributed by atoms with E-state index in [9.17, 15) is 0 Å². The number of ether oxygens (including phenoxy) is 2. The highest BCUT2D eigenvalue weighted by atomic mass is 16.5. The summed E-state index contributed by atoms with van der Waals surface area (Å²) in [6, 6.07) is 4.11. The predicted molar refractivity (Wildman–Crippen MR) is 93.7 cm³/mol. The molecule has 1 unspecified atom stereocenters. The highest BCUT2D eigenvalue weighted by molar-refractivity contribution is 5.36. The van der Waals surface area contributed by atoms with Crippen molar-refractivity contribution >= 4 is 0 Å². The molecule has 1 atom stereocenters. The van der Waals surface area contributed by atoms with Gasteiger partial charge >= 0.3 is 0 Å². The molecule has 0 bridgehead atoms. The smallest absolute Gasteiger partial charge is 0.222 e. The van der Waals surface area contributed by atoms with Gasteiger partial charge in [-0.25, -0.2) is 9.97 Å². The average Bonchev–Trinajstić information content (AvgIpc) is 3.44. The molecule has 0 amide bonds. The fraction of sp³-hybridized carbons (Fsp3) is 0.526. The summed E-state index contributed by atoms with van der Waals surface area (Å²) in [5.41, 5.74) is 3.29. The lowest BCUT2D eigenvalue weighted by Crippen LogP contribution is -2.32. The van der Waals surface area contributed by atoms with Crippen LogP contribution < -0.4 is 14.8 Å². The number of rotatable bonds is 6. The van der Waals surface area contributed by atoms with Crippen molar-refractivity contribution in [1.29, 1.82) is 0 Å². The Balaban J connectivity index is 1.56. The number of hydrogen-bond acceptors (Lipinski definition) is 6. The highest BCUT2D eigenvalue weighted by Gasteiger charge is 2.32. The molecule has 2 aliphatic rings. The van der Waals surface area contributed by atoms with E-state index in [4.69, 9.17) is 9.47 Å². The molecule has 1 aliphatic heterocycles. The fourth-order valence-electron chi connectivity index (χ4n) is 3.39. The first-order valence-corrected chi connectivity index (χ1v) is 8.95. The predicted octanol–water partition coefficient (Wildman–Crippen LogP) is 2.75. The number of fused-ring (bicyclic) bond motifs is 1. The number of methoxy groups -OCH3 is 1. The Morgan fingerprint density at radius 2 is 2.12 bits per heavy atom. The van der Waals surface area contributed by atoms with Crippen LogP contribution in [0.2, 0.25) is 0 Å². The van der Waals surface area contributed by atoms with Crippen LogP contribution in [0.1, 0.15) is 47.9 Å².